The zero-order chi connectivity index (χ0) is 14.0. The van der Waals surface area contributed by atoms with Crippen LogP contribution in [-0.2, 0) is 5.41 Å². The van der Waals surface area contributed by atoms with Crippen LogP contribution in [0.25, 0.3) is 0 Å². The van der Waals surface area contributed by atoms with Gasteiger partial charge in [0, 0.05) is 17.4 Å². The minimum Gasteiger partial charge on any atom is -0.399 e. The minimum atomic E-state index is -0.761. The third kappa shape index (κ3) is 2.62. The second-order valence-corrected chi connectivity index (χ2v) is 4.97. The fraction of sp³-hybridized carbons (Fsp3) is 0.200. The standard InChI is InChI=1S/C15H15FN2O/c1-15(2,11-3-5-13(17)6-4-11)14(19)10-7-12(16)9-18-8-10/h3-9H,17H2,1-2H3. The third-order valence-corrected chi connectivity index (χ3v) is 3.17. The van der Waals surface area contributed by atoms with Crippen LogP contribution in [-0.4, -0.2) is 10.8 Å². The predicted octanol–water partition coefficient (Wildman–Crippen LogP) is 2.96. The Morgan fingerprint density at radius 3 is 2.42 bits per heavy atom. The first-order chi connectivity index (χ1) is 8.91. The summed E-state index contributed by atoms with van der Waals surface area (Å²) in [6, 6.07) is 8.30. The van der Waals surface area contributed by atoms with Crippen molar-refractivity contribution in [3.63, 3.8) is 0 Å². The van der Waals surface area contributed by atoms with Crippen LogP contribution in [0.3, 0.4) is 0 Å². The zero-order valence-corrected chi connectivity index (χ0v) is 10.9. The number of halogens is 1. The number of aromatic nitrogens is 1. The van der Waals surface area contributed by atoms with E-state index in [0.717, 1.165) is 11.8 Å². The zero-order valence-electron chi connectivity index (χ0n) is 10.9. The normalized spacial score (nSPS) is 11.3. The van der Waals surface area contributed by atoms with Crippen molar-refractivity contribution >= 4 is 11.5 Å². The number of nitrogens with zero attached hydrogens (tertiary/aromatic N) is 1. The number of hydrogen-bond donors (Lipinski definition) is 1. The molecule has 4 heteroatoms. The van der Waals surface area contributed by atoms with Crippen LogP contribution in [0.2, 0.25) is 0 Å². The molecular weight excluding hydrogens is 243 g/mol. The molecule has 98 valence electrons. The summed E-state index contributed by atoms with van der Waals surface area (Å²) in [5.41, 5.74) is 6.61. The Balaban J connectivity index is 2.38. The lowest BCUT2D eigenvalue weighted by molar-refractivity contribution is 0.0908. The maximum Gasteiger partial charge on any atom is 0.174 e. The van der Waals surface area contributed by atoms with Crippen molar-refractivity contribution in [3.05, 3.63) is 59.7 Å². The van der Waals surface area contributed by atoms with E-state index >= 15 is 0 Å². The second kappa shape index (κ2) is 4.80. The average molecular weight is 258 g/mol. The number of ketones is 1. The smallest absolute Gasteiger partial charge is 0.174 e. The number of hydrogen-bond acceptors (Lipinski definition) is 3. The summed E-state index contributed by atoms with van der Waals surface area (Å²) < 4.78 is 13.1. The summed E-state index contributed by atoms with van der Waals surface area (Å²) in [6.07, 6.45) is 2.46. The Kier molecular flexibility index (Phi) is 3.34. The number of rotatable bonds is 3. The Labute approximate surface area is 111 Å². The highest BCUT2D eigenvalue weighted by Crippen LogP contribution is 2.28. The van der Waals surface area contributed by atoms with Crippen LogP contribution >= 0.6 is 0 Å². The average Bonchev–Trinajstić information content (AvgIpc) is 2.38. The van der Waals surface area contributed by atoms with E-state index in [1.165, 1.54) is 12.3 Å². The molecule has 1 heterocycles. The van der Waals surface area contributed by atoms with Gasteiger partial charge in [0.1, 0.15) is 5.82 Å². The number of carbonyl (C=O) groups excluding carboxylic acids is 1. The summed E-state index contributed by atoms with van der Waals surface area (Å²) in [5, 5.41) is 0. The highest BCUT2D eigenvalue weighted by Gasteiger charge is 2.30. The van der Waals surface area contributed by atoms with Crippen LogP contribution in [0.5, 0.6) is 0 Å². The summed E-state index contributed by atoms with van der Waals surface area (Å²) in [4.78, 5) is 16.2. The Bertz CT molecular complexity index is 606. The molecule has 0 spiro atoms. The minimum absolute atomic E-state index is 0.177. The first-order valence-electron chi connectivity index (χ1n) is 5.92. The lowest BCUT2D eigenvalue weighted by Gasteiger charge is -2.23. The fourth-order valence-corrected chi connectivity index (χ4v) is 1.93. The highest BCUT2D eigenvalue weighted by molar-refractivity contribution is 6.03. The number of Topliss-reactive ketones (excluding diaryl/α,β-unsaturated/α-hetero) is 1. The molecule has 0 aliphatic rings. The molecule has 3 nitrogen and oxygen atoms in total. The molecule has 0 aliphatic carbocycles. The van der Waals surface area contributed by atoms with Crippen LogP contribution < -0.4 is 5.73 Å². The van der Waals surface area contributed by atoms with Crippen LogP contribution in [0, 0.1) is 5.82 Å². The maximum atomic E-state index is 13.1. The van der Waals surface area contributed by atoms with Gasteiger partial charge < -0.3 is 5.73 Å². The molecule has 0 radical (unpaired) electrons. The Hall–Kier alpha value is -2.23. The van der Waals surface area contributed by atoms with Gasteiger partial charge >= 0.3 is 0 Å². The predicted molar refractivity (Wildman–Crippen MR) is 72.4 cm³/mol. The van der Waals surface area contributed by atoms with Gasteiger partial charge in [0.25, 0.3) is 0 Å². The van der Waals surface area contributed by atoms with Gasteiger partial charge in [-0.3, -0.25) is 9.78 Å². The van der Waals surface area contributed by atoms with Gasteiger partial charge in [0.2, 0.25) is 0 Å². The lowest BCUT2D eigenvalue weighted by Crippen LogP contribution is -2.29. The molecule has 0 bridgehead atoms. The van der Waals surface area contributed by atoms with E-state index in [1.807, 2.05) is 0 Å². The van der Waals surface area contributed by atoms with Crippen molar-refractivity contribution in [2.75, 3.05) is 5.73 Å². The maximum absolute atomic E-state index is 13.1. The van der Waals surface area contributed by atoms with Crippen molar-refractivity contribution in [2.45, 2.75) is 19.3 Å². The molecule has 2 aromatic rings. The van der Waals surface area contributed by atoms with Crippen LogP contribution in [0.15, 0.2) is 42.7 Å². The van der Waals surface area contributed by atoms with Crippen molar-refractivity contribution in [2.24, 2.45) is 0 Å². The first-order valence-corrected chi connectivity index (χ1v) is 5.92. The van der Waals surface area contributed by atoms with E-state index in [2.05, 4.69) is 4.98 Å². The summed E-state index contributed by atoms with van der Waals surface area (Å²) in [7, 11) is 0. The van der Waals surface area contributed by atoms with Crippen molar-refractivity contribution < 1.29 is 9.18 Å². The fourth-order valence-electron chi connectivity index (χ4n) is 1.93. The number of anilines is 1. The molecule has 0 saturated carbocycles. The molecule has 0 aliphatic heterocycles. The van der Waals surface area contributed by atoms with E-state index < -0.39 is 11.2 Å². The topological polar surface area (TPSA) is 56.0 Å². The molecule has 2 rings (SSSR count). The van der Waals surface area contributed by atoms with Crippen molar-refractivity contribution in [3.8, 4) is 0 Å². The first kappa shape index (κ1) is 13.2. The Morgan fingerprint density at radius 1 is 1.21 bits per heavy atom. The van der Waals surface area contributed by atoms with E-state index in [1.54, 1.807) is 38.1 Å². The van der Waals surface area contributed by atoms with Crippen LogP contribution in [0.1, 0.15) is 29.8 Å². The number of pyridine rings is 1. The summed E-state index contributed by atoms with van der Waals surface area (Å²) in [6.45, 7) is 3.59. The van der Waals surface area contributed by atoms with E-state index in [-0.39, 0.29) is 11.3 Å². The number of nitrogens with two attached hydrogens (primary N) is 1. The highest BCUT2D eigenvalue weighted by atomic mass is 19.1. The summed E-state index contributed by atoms with van der Waals surface area (Å²) in [5.74, 6) is -0.691. The van der Waals surface area contributed by atoms with E-state index in [0.29, 0.717) is 5.69 Å². The lowest BCUT2D eigenvalue weighted by atomic mass is 9.78. The Morgan fingerprint density at radius 2 is 1.84 bits per heavy atom. The molecule has 1 aromatic carbocycles. The molecule has 0 saturated heterocycles. The third-order valence-electron chi connectivity index (χ3n) is 3.17. The SMILES string of the molecule is CC(C)(C(=O)c1cncc(F)c1)c1ccc(N)cc1. The van der Waals surface area contributed by atoms with Gasteiger partial charge in [-0.25, -0.2) is 4.39 Å². The molecule has 0 fully saturated rings. The monoisotopic (exact) mass is 258 g/mol. The molecule has 1 aromatic heterocycles. The number of nitrogen functional groups attached to an aromatic ring is 1. The van der Waals surface area contributed by atoms with Gasteiger partial charge in [-0.2, -0.15) is 0 Å². The number of carbonyl (C=O) groups is 1. The molecule has 2 N–H and O–H groups in total. The number of benzene rings is 1. The van der Waals surface area contributed by atoms with Crippen molar-refractivity contribution in [1.29, 1.82) is 0 Å². The van der Waals surface area contributed by atoms with E-state index in [4.69, 9.17) is 5.73 Å². The molecule has 0 amide bonds. The van der Waals surface area contributed by atoms with Crippen molar-refractivity contribution in [1.82, 2.24) is 4.98 Å². The molecular formula is C15H15FN2O. The molecule has 0 unspecified atom stereocenters. The van der Waals surface area contributed by atoms with Crippen LogP contribution in [0.4, 0.5) is 10.1 Å². The summed E-state index contributed by atoms with van der Waals surface area (Å²) >= 11 is 0. The quantitative estimate of drug-likeness (QED) is 0.680. The van der Waals surface area contributed by atoms with E-state index in [9.17, 15) is 9.18 Å². The van der Waals surface area contributed by atoms with Gasteiger partial charge in [-0.05, 0) is 37.6 Å². The largest absolute Gasteiger partial charge is 0.399 e. The second-order valence-electron chi connectivity index (χ2n) is 4.97. The van der Waals surface area contributed by atoms with Gasteiger partial charge in [-0.15, -0.1) is 0 Å². The van der Waals surface area contributed by atoms with Gasteiger partial charge in [0.05, 0.1) is 11.6 Å². The van der Waals surface area contributed by atoms with Gasteiger partial charge in [0.15, 0.2) is 5.78 Å². The molecule has 19 heavy (non-hydrogen) atoms. The molecule has 0 atom stereocenters. The van der Waals surface area contributed by atoms with Gasteiger partial charge in [-0.1, -0.05) is 12.1 Å².